The van der Waals surface area contributed by atoms with E-state index in [0.29, 0.717) is 6.61 Å². The Hall–Kier alpha value is -1.04. The van der Waals surface area contributed by atoms with Crippen LogP contribution in [0.2, 0.25) is 0 Å². The summed E-state index contributed by atoms with van der Waals surface area (Å²) in [5.74, 6) is 0. The molecule has 28 valence electrons. The van der Waals surface area contributed by atoms with Gasteiger partial charge in [0.1, 0.15) is 0 Å². The summed E-state index contributed by atoms with van der Waals surface area (Å²) in [5, 5.41) is 0. The minimum Gasteiger partial charge on any atom is -0.417 e. The van der Waals surface area contributed by atoms with E-state index < -0.39 is 0 Å². The van der Waals surface area contributed by atoms with Crippen LogP contribution >= 0.6 is 0 Å². The van der Waals surface area contributed by atoms with Gasteiger partial charge in [0, 0.05) is 7.11 Å². The van der Waals surface area contributed by atoms with Crippen LogP contribution in [0.15, 0.2) is 0 Å². The second kappa shape index (κ2) is 12.3. The summed E-state index contributed by atoms with van der Waals surface area (Å²) in [4.78, 5) is 0. The zero-order chi connectivity index (χ0) is 3.41. The Bertz CT molecular complexity index is 8.85. The van der Waals surface area contributed by atoms with E-state index in [-0.39, 0.29) is 0 Å². The number of hydrogen-bond donors (Lipinski definition) is 0. The van der Waals surface area contributed by atoms with Crippen molar-refractivity contribution in [1.29, 1.82) is 0 Å². The Morgan fingerprint density at radius 2 is 2.00 bits per heavy atom. The Labute approximate surface area is 26.6 Å². The van der Waals surface area contributed by atoms with Crippen LogP contribution in [0.4, 0.5) is 0 Å². The molecular formula is C3H7ORf-. The van der Waals surface area contributed by atoms with Crippen LogP contribution in [-0.4, -0.2) is 13.7 Å². The van der Waals surface area contributed by atoms with E-state index in [2.05, 4.69) is 11.7 Å². The molecule has 0 saturated heterocycles. The third-order valence-corrected chi connectivity index (χ3v) is 0.204. The van der Waals surface area contributed by atoms with E-state index in [1.807, 2.05) is 0 Å². The van der Waals surface area contributed by atoms with Gasteiger partial charge in [0.15, 0.2) is 0 Å². The van der Waals surface area contributed by atoms with Crippen LogP contribution in [-0.2, 0) is 4.74 Å². The molecule has 0 N–H and O–H groups in total. The summed E-state index contributed by atoms with van der Waals surface area (Å²) in [7, 11) is 1.62. The molecule has 0 unspecified atom stereocenters. The number of ether oxygens (including phenoxy) is 1. The standard InChI is InChI=1S/C3H7O.Rf/c1-3-4-2;/h1,3H2,2H3;/q-1;. The van der Waals surface area contributed by atoms with Gasteiger partial charge < -0.3 is 11.7 Å². The quantitative estimate of drug-likeness (QED) is 0.637. The van der Waals surface area contributed by atoms with Gasteiger partial charge in [-0.05, 0) is 0 Å². The molecule has 0 aliphatic heterocycles. The largest absolute Gasteiger partial charge is 0.417 e. The number of methoxy groups -OCH3 is 1. The van der Waals surface area contributed by atoms with Crippen molar-refractivity contribution in [1.82, 2.24) is 0 Å². The molecule has 0 spiro atoms. The van der Waals surface area contributed by atoms with Crippen LogP contribution in [0.1, 0.15) is 0 Å². The fraction of sp³-hybridized carbons (Fsp3) is 0.667. The van der Waals surface area contributed by atoms with Crippen LogP contribution in [0, 0.1) is 6.92 Å². The van der Waals surface area contributed by atoms with E-state index in [0.717, 1.165) is 0 Å². The van der Waals surface area contributed by atoms with Gasteiger partial charge in [-0.2, -0.15) is 0 Å². The molecule has 1 nitrogen and oxygen atoms in total. The molecule has 0 aliphatic rings. The zero-order valence-corrected chi connectivity index (χ0v) is 9.93. The molecule has 0 radical (unpaired) electrons. The minimum atomic E-state index is 0. The second-order valence-electron chi connectivity index (χ2n) is 0.493. The fourth-order valence-corrected chi connectivity index (χ4v) is 0. The van der Waals surface area contributed by atoms with E-state index in [4.69, 9.17) is 0 Å². The molecule has 0 aromatic carbocycles. The first-order chi connectivity index (χ1) is 1.91. The summed E-state index contributed by atoms with van der Waals surface area (Å²) in [6, 6.07) is 0. The first-order valence-electron chi connectivity index (χ1n) is 1.20. The maximum atomic E-state index is 4.43. The van der Waals surface area contributed by atoms with Crippen LogP contribution in [0.5, 0.6) is 0 Å². The first kappa shape index (κ1) is 9.03. The third kappa shape index (κ3) is 1700. The van der Waals surface area contributed by atoms with Gasteiger partial charge in [-0.1, -0.05) is 6.61 Å². The SMILES string of the molecule is [CH2-]COC.[Rf]. The monoisotopic (exact) mass is 326 g/mol. The number of hydrogen-bond acceptors (Lipinski definition) is 1. The summed E-state index contributed by atoms with van der Waals surface area (Å²) in [6.07, 6.45) is 0. The predicted molar refractivity (Wildman–Crippen MR) is 17.2 cm³/mol. The maximum absolute atomic E-state index is 4.43. The summed E-state index contributed by atoms with van der Waals surface area (Å²) in [6.45, 7) is 3.95. The minimum absolute atomic E-state index is 0. The molecule has 0 heterocycles. The summed E-state index contributed by atoms with van der Waals surface area (Å²) < 4.78 is 4.43. The van der Waals surface area contributed by atoms with Crippen molar-refractivity contribution in [3.63, 3.8) is 0 Å². The zero-order valence-electron chi connectivity index (χ0n) is 3.53. The van der Waals surface area contributed by atoms with Crippen molar-refractivity contribution in [2.45, 2.75) is 0 Å². The van der Waals surface area contributed by atoms with Crippen molar-refractivity contribution >= 4 is 0 Å². The van der Waals surface area contributed by atoms with Crippen molar-refractivity contribution in [2.75, 3.05) is 13.7 Å². The van der Waals surface area contributed by atoms with E-state index in [1.165, 1.54) is 0 Å². The predicted octanol–water partition coefficient (Wildman–Crippen LogP) is 0.467. The van der Waals surface area contributed by atoms with Crippen molar-refractivity contribution in [3.8, 4) is 0 Å². The van der Waals surface area contributed by atoms with Gasteiger partial charge in [-0.15, -0.1) is 0 Å². The van der Waals surface area contributed by atoms with E-state index in [1.54, 1.807) is 7.11 Å². The molecule has 0 aromatic rings. The normalized spacial score (nSPS) is 6.00. The molecule has 5 heavy (non-hydrogen) atoms. The van der Waals surface area contributed by atoms with Gasteiger partial charge in [0.05, 0.1) is 0 Å². The molecule has 0 aromatic heterocycles. The maximum Gasteiger partial charge on any atom is 0.0319 e. The Morgan fingerprint density at radius 3 is 2.00 bits per heavy atom. The Balaban J connectivity index is 0. The van der Waals surface area contributed by atoms with Crippen molar-refractivity contribution in [2.24, 2.45) is 0 Å². The second-order valence-corrected chi connectivity index (χ2v) is 0.493. The average Bonchev–Trinajstić information content (AvgIpc) is 1.37. The molecule has 0 fully saturated rings. The van der Waals surface area contributed by atoms with Gasteiger partial charge in [-0.25, -0.2) is 0 Å². The molecule has 0 aliphatic carbocycles. The smallest absolute Gasteiger partial charge is 0.0319 e. The topological polar surface area (TPSA) is 9.23 Å². The summed E-state index contributed by atoms with van der Waals surface area (Å²) in [5.41, 5.74) is 0. The molecule has 0 saturated carbocycles. The van der Waals surface area contributed by atoms with Crippen LogP contribution in [0.25, 0.3) is 0 Å². The number of rotatable bonds is 1. The molecule has 0 bridgehead atoms. The molecular weight excluding hydrogens is 319 g/mol. The van der Waals surface area contributed by atoms with Crippen LogP contribution in [0.3, 0.4) is 0 Å². The van der Waals surface area contributed by atoms with E-state index >= 15 is 0 Å². The van der Waals surface area contributed by atoms with Gasteiger partial charge in [0.2, 0.25) is 0 Å². The molecule has 0 amide bonds. The van der Waals surface area contributed by atoms with Crippen molar-refractivity contribution < 1.29 is 4.74 Å². The Morgan fingerprint density at radius 1 is 1.80 bits per heavy atom. The third-order valence-electron chi connectivity index (χ3n) is 0.204. The Kier molecular flexibility index (Phi) is 22.3. The van der Waals surface area contributed by atoms with Gasteiger partial charge >= 0.3 is 0 Å². The average molecular weight is 326 g/mol. The van der Waals surface area contributed by atoms with Gasteiger partial charge in [-0.3, -0.25) is 0 Å². The fourth-order valence-electron chi connectivity index (χ4n) is 0. The molecule has 0 rings (SSSR count). The van der Waals surface area contributed by atoms with E-state index in [9.17, 15) is 0 Å². The summed E-state index contributed by atoms with van der Waals surface area (Å²) >= 11 is 0. The molecule has 2 heteroatoms. The first-order valence-corrected chi connectivity index (χ1v) is 1.20. The van der Waals surface area contributed by atoms with Crippen LogP contribution < -0.4 is 0 Å². The molecule has 0 atom stereocenters. The van der Waals surface area contributed by atoms with Gasteiger partial charge in [0.25, 0.3) is 0 Å². The van der Waals surface area contributed by atoms with Crippen molar-refractivity contribution in [3.05, 3.63) is 6.92 Å².